The van der Waals surface area contributed by atoms with Gasteiger partial charge in [-0.15, -0.1) is 0 Å². The number of aromatic nitrogens is 1. The number of nitrogens with one attached hydrogen (secondary N) is 2. The molecule has 1 amide bonds. The molecule has 3 aromatic carbocycles. The molecule has 0 aliphatic heterocycles. The average Bonchev–Trinajstić information content (AvgIpc) is 3.22. The van der Waals surface area contributed by atoms with E-state index in [0.29, 0.717) is 22.7 Å². The first-order valence-electron chi connectivity index (χ1n) is 9.48. The summed E-state index contributed by atoms with van der Waals surface area (Å²) in [5.41, 5.74) is 3.46. The summed E-state index contributed by atoms with van der Waals surface area (Å²) in [5.74, 6) is 0.0528. The number of carbonyl (C=O) groups is 1. The maximum Gasteiger partial charge on any atom is 0.270 e. The van der Waals surface area contributed by atoms with Crippen LogP contribution in [0.15, 0.2) is 83.3 Å². The van der Waals surface area contributed by atoms with E-state index in [9.17, 15) is 14.9 Å². The number of benzene rings is 3. The van der Waals surface area contributed by atoms with Crippen LogP contribution in [-0.4, -0.2) is 20.9 Å². The van der Waals surface area contributed by atoms with Crippen LogP contribution < -0.4 is 10.6 Å². The number of anilines is 1. The number of para-hydroxylation sites is 2. The van der Waals surface area contributed by atoms with E-state index in [2.05, 4.69) is 15.6 Å². The molecule has 0 spiro atoms. The number of rotatable bonds is 5. The smallest absolute Gasteiger partial charge is 0.270 e. The molecule has 158 valence electrons. The summed E-state index contributed by atoms with van der Waals surface area (Å²) in [6.45, 7) is 0. The van der Waals surface area contributed by atoms with Gasteiger partial charge in [0.15, 0.2) is 10.7 Å². The van der Waals surface area contributed by atoms with E-state index in [-0.39, 0.29) is 10.8 Å². The molecule has 0 bridgehead atoms. The number of thiocarbonyl (C=S) groups is 1. The summed E-state index contributed by atoms with van der Waals surface area (Å²) in [6.07, 6.45) is 2.73. The Kier molecular flexibility index (Phi) is 6.00. The molecule has 0 atom stereocenters. The highest BCUT2D eigenvalue weighted by molar-refractivity contribution is 7.80. The van der Waals surface area contributed by atoms with Gasteiger partial charge >= 0.3 is 0 Å². The second-order valence-corrected chi connectivity index (χ2v) is 7.10. The number of fused-ring (bicyclic) bond motifs is 1. The molecule has 0 unspecified atom stereocenters. The summed E-state index contributed by atoms with van der Waals surface area (Å²) in [6, 6.07) is 20.7. The van der Waals surface area contributed by atoms with Gasteiger partial charge in [0.2, 0.25) is 11.8 Å². The quantitative estimate of drug-likeness (QED) is 0.194. The third kappa shape index (κ3) is 5.02. The Hall–Kier alpha value is -4.37. The number of nitro groups is 1. The molecule has 0 radical (unpaired) electrons. The van der Waals surface area contributed by atoms with Gasteiger partial charge in [0, 0.05) is 29.5 Å². The lowest BCUT2D eigenvalue weighted by Gasteiger charge is -2.08. The lowest BCUT2D eigenvalue weighted by molar-refractivity contribution is -0.384. The Balaban J connectivity index is 1.35. The van der Waals surface area contributed by atoms with Crippen molar-refractivity contribution in [1.82, 2.24) is 10.3 Å². The number of hydrogen-bond acceptors (Lipinski definition) is 6. The minimum absolute atomic E-state index is 0.0500. The Morgan fingerprint density at radius 1 is 1.06 bits per heavy atom. The predicted octanol–water partition coefficient (Wildman–Crippen LogP) is 4.93. The number of nitro benzene ring substituents is 1. The monoisotopic (exact) mass is 444 g/mol. The van der Waals surface area contributed by atoms with Crippen molar-refractivity contribution in [2.24, 2.45) is 0 Å². The molecule has 2 N–H and O–H groups in total. The molecule has 0 fully saturated rings. The molecule has 32 heavy (non-hydrogen) atoms. The molecule has 0 aliphatic rings. The Bertz CT molecular complexity index is 1310. The van der Waals surface area contributed by atoms with Crippen LogP contribution in [-0.2, 0) is 4.79 Å². The fourth-order valence-electron chi connectivity index (χ4n) is 2.92. The summed E-state index contributed by atoms with van der Waals surface area (Å²) in [5, 5.41) is 16.4. The SMILES string of the molecule is O=C(C=Cc1cccc([N+](=O)[O-])c1)NC(=S)Nc1ccc(-c2nc3ccccc3o2)cc1. The molecule has 9 heteroatoms. The van der Waals surface area contributed by atoms with Crippen LogP contribution >= 0.6 is 12.2 Å². The van der Waals surface area contributed by atoms with Gasteiger partial charge in [0.1, 0.15) is 5.52 Å². The van der Waals surface area contributed by atoms with Gasteiger partial charge in [-0.3, -0.25) is 20.2 Å². The standard InChI is InChI=1S/C23H16N4O4S/c28-21(13-8-15-4-3-5-18(14-15)27(29)30)26-23(32)24-17-11-9-16(10-12-17)22-25-19-6-1-2-7-20(19)31-22/h1-14H,(H2,24,26,28,32). The van der Waals surface area contributed by atoms with E-state index in [4.69, 9.17) is 16.6 Å². The third-order valence-electron chi connectivity index (χ3n) is 4.43. The molecule has 4 aromatic rings. The van der Waals surface area contributed by atoms with Crippen molar-refractivity contribution in [3.63, 3.8) is 0 Å². The zero-order valence-corrected chi connectivity index (χ0v) is 17.3. The Morgan fingerprint density at radius 2 is 1.84 bits per heavy atom. The number of carbonyl (C=O) groups excluding carboxylic acids is 1. The van der Waals surface area contributed by atoms with Gasteiger partial charge in [-0.2, -0.15) is 0 Å². The van der Waals surface area contributed by atoms with Crippen LogP contribution in [0.3, 0.4) is 0 Å². The molecule has 1 aromatic heterocycles. The molecular formula is C23H16N4O4S. The molecule has 4 rings (SSSR count). The van der Waals surface area contributed by atoms with Gasteiger partial charge in [0.25, 0.3) is 5.69 Å². The Morgan fingerprint density at radius 3 is 2.59 bits per heavy atom. The normalized spacial score (nSPS) is 10.9. The highest BCUT2D eigenvalue weighted by Gasteiger charge is 2.08. The van der Waals surface area contributed by atoms with Crippen LogP contribution in [0.1, 0.15) is 5.56 Å². The summed E-state index contributed by atoms with van der Waals surface area (Å²) >= 11 is 5.17. The highest BCUT2D eigenvalue weighted by Crippen LogP contribution is 2.25. The summed E-state index contributed by atoms with van der Waals surface area (Å²) in [4.78, 5) is 26.9. The summed E-state index contributed by atoms with van der Waals surface area (Å²) < 4.78 is 5.75. The van der Waals surface area contributed by atoms with Gasteiger partial charge in [-0.25, -0.2) is 4.98 Å². The Labute approximate surface area is 187 Å². The molecule has 0 aliphatic carbocycles. The first-order chi connectivity index (χ1) is 15.5. The zero-order valence-electron chi connectivity index (χ0n) is 16.5. The van der Waals surface area contributed by atoms with Crippen LogP contribution in [0.25, 0.3) is 28.6 Å². The fraction of sp³-hybridized carbons (Fsp3) is 0. The van der Waals surface area contributed by atoms with E-state index in [0.717, 1.165) is 11.1 Å². The maximum atomic E-state index is 12.1. The third-order valence-corrected chi connectivity index (χ3v) is 4.63. The zero-order chi connectivity index (χ0) is 22.5. The minimum Gasteiger partial charge on any atom is -0.436 e. The number of non-ortho nitro benzene ring substituents is 1. The van der Waals surface area contributed by atoms with Crippen LogP contribution in [0.4, 0.5) is 11.4 Å². The van der Waals surface area contributed by atoms with E-state index >= 15 is 0 Å². The fourth-order valence-corrected chi connectivity index (χ4v) is 3.14. The highest BCUT2D eigenvalue weighted by atomic mass is 32.1. The van der Waals surface area contributed by atoms with E-state index < -0.39 is 10.8 Å². The van der Waals surface area contributed by atoms with Crippen LogP contribution in [0.5, 0.6) is 0 Å². The second kappa shape index (κ2) is 9.19. The lowest BCUT2D eigenvalue weighted by atomic mass is 10.2. The van der Waals surface area contributed by atoms with Crippen molar-refractivity contribution >= 4 is 51.8 Å². The summed E-state index contributed by atoms with van der Waals surface area (Å²) in [7, 11) is 0. The van der Waals surface area contributed by atoms with Gasteiger partial charge in [0.05, 0.1) is 4.92 Å². The second-order valence-electron chi connectivity index (χ2n) is 6.69. The van der Waals surface area contributed by atoms with Crippen molar-refractivity contribution in [1.29, 1.82) is 0 Å². The van der Waals surface area contributed by atoms with Gasteiger partial charge < -0.3 is 9.73 Å². The minimum atomic E-state index is -0.494. The van der Waals surface area contributed by atoms with Crippen molar-refractivity contribution in [3.8, 4) is 11.5 Å². The average molecular weight is 444 g/mol. The maximum absolute atomic E-state index is 12.1. The first kappa shape index (κ1) is 20.9. The number of amides is 1. The topological polar surface area (TPSA) is 110 Å². The van der Waals surface area contributed by atoms with Crippen molar-refractivity contribution < 1.29 is 14.1 Å². The number of nitrogens with zero attached hydrogens (tertiary/aromatic N) is 2. The van der Waals surface area contributed by atoms with E-state index in [1.54, 1.807) is 24.3 Å². The van der Waals surface area contributed by atoms with Gasteiger partial charge in [-0.05, 0) is 60.3 Å². The number of oxazole rings is 1. The molecule has 0 saturated carbocycles. The molecule has 8 nitrogen and oxygen atoms in total. The largest absolute Gasteiger partial charge is 0.436 e. The first-order valence-corrected chi connectivity index (χ1v) is 9.89. The van der Waals surface area contributed by atoms with E-state index in [1.165, 1.54) is 24.3 Å². The van der Waals surface area contributed by atoms with Crippen LogP contribution in [0.2, 0.25) is 0 Å². The molecule has 1 heterocycles. The molecule has 0 saturated heterocycles. The number of hydrogen-bond donors (Lipinski definition) is 2. The van der Waals surface area contributed by atoms with E-state index in [1.807, 2.05) is 36.4 Å². The predicted molar refractivity (Wildman–Crippen MR) is 126 cm³/mol. The van der Waals surface area contributed by atoms with Crippen molar-refractivity contribution in [2.75, 3.05) is 5.32 Å². The van der Waals surface area contributed by atoms with Crippen molar-refractivity contribution in [3.05, 3.63) is 94.6 Å². The van der Waals surface area contributed by atoms with Crippen LogP contribution in [0, 0.1) is 10.1 Å². The molecular weight excluding hydrogens is 428 g/mol. The van der Waals surface area contributed by atoms with Crippen molar-refractivity contribution in [2.45, 2.75) is 0 Å². The van der Waals surface area contributed by atoms with Gasteiger partial charge in [-0.1, -0.05) is 24.3 Å². The lowest BCUT2D eigenvalue weighted by Crippen LogP contribution is -2.32.